The van der Waals surface area contributed by atoms with Crippen molar-refractivity contribution >= 4 is 28.8 Å². The molecule has 7 nitrogen and oxygen atoms in total. The van der Waals surface area contributed by atoms with Gasteiger partial charge in [-0.3, -0.25) is 19.7 Å². The third-order valence-electron chi connectivity index (χ3n) is 4.24. The fraction of sp³-hybridized carbons (Fsp3) is 0.100. The Morgan fingerprint density at radius 3 is 2.39 bits per heavy atom. The number of ketones is 1. The summed E-state index contributed by atoms with van der Waals surface area (Å²) in [5, 5.41) is 13.8. The number of nitrogens with zero attached hydrogens (tertiary/aromatic N) is 4. The summed E-state index contributed by atoms with van der Waals surface area (Å²) in [6.45, 7) is 1.65. The molecule has 0 saturated carbocycles. The number of carbonyl (C=O) groups is 1. The number of rotatable bonds is 5. The number of hydrogen-bond donors (Lipinski definition) is 1. The Kier molecular flexibility index (Phi) is 5.43. The number of anilines is 1. The van der Waals surface area contributed by atoms with E-state index in [1.165, 1.54) is 4.68 Å². The minimum atomic E-state index is -0.739. The van der Waals surface area contributed by atoms with Crippen LogP contribution in [0.25, 0.3) is 5.69 Å². The van der Waals surface area contributed by atoms with Gasteiger partial charge in [0.15, 0.2) is 0 Å². The van der Waals surface area contributed by atoms with Crippen LogP contribution in [0.15, 0.2) is 64.5 Å². The number of aromatic nitrogens is 2. The molecule has 0 saturated heterocycles. The highest BCUT2D eigenvalue weighted by molar-refractivity contribution is 6.51. The Morgan fingerprint density at radius 2 is 1.79 bits per heavy atom. The smallest absolute Gasteiger partial charge is 0.283 e. The lowest BCUT2D eigenvalue weighted by Gasteiger charge is -2.07. The number of hydrazone groups is 1. The highest BCUT2D eigenvalue weighted by Crippen LogP contribution is 2.14. The number of nitriles is 1. The summed E-state index contributed by atoms with van der Waals surface area (Å²) in [5.41, 5.74) is 3.23. The van der Waals surface area contributed by atoms with Crippen LogP contribution in [-0.4, -0.2) is 20.9 Å². The molecule has 1 aromatic heterocycles. The van der Waals surface area contributed by atoms with Gasteiger partial charge in [-0.1, -0.05) is 29.8 Å². The van der Waals surface area contributed by atoms with Crippen LogP contribution in [0.4, 0.5) is 5.69 Å². The molecule has 2 aromatic carbocycles. The van der Waals surface area contributed by atoms with E-state index in [4.69, 9.17) is 11.6 Å². The predicted octanol–water partition coefficient (Wildman–Crippen LogP) is 3.31. The Labute approximate surface area is 166 Å². The second kappa shape index (κ2) is 7.94. The highest BCUT2D eigenvalue weighted by Gasteiger charge is 2.26. The lowest BCUT2D eigenvalue weighted by molar-refractivity contribution is 0.106. The largest absolute Gasteiger partial charge is 0.286 e. The van der Waals surface area contributed by atoms with E-state index >= 15 is 0 Å². The van der Waals surface area contributed by atoms with E-state index in [0.717, 1.165) is 0 Å². The minimum absolute atomic E-state index is 0.0930. The van der Waals surface area contributed by atoms with Gasteiger partial charge < -0.3 is 0 Å². The zero-order valence-corrected chi connectivity index (χ0v) is 15.9. The Balaban J connectivity index is 1.99. The van der Waals surface area contributed by atoms with E-state index in [0.29, 0.717) is 22.1 Å². The molecule has 0 aliphatic rings. The highest BCUT2D eigenvalue weighted by atomic mass is 35.5. The Bertz CT molecular complexity index is 1150. The van der Waals surface area contributed by atoms with Crippen LogP contribution in [0.2, 0.25) is 5.02 Å². The summed E-state index contributed by atoms with van der Waals surface area (Å²) in [7, 11) is 1.68. The fourth-order valence-corrected chi connectivity index (χ4v) is 2.85. The van der Waals surface area contributed by atoms with Crippen molar-refractivity contribution < 1.29 is 4.79 Å². The van der Waals surface area contributed by atoms with Crippen LogP contribution in [0.5, 0.6) is 0 Å². The molecule has 0 fully saturated rings. The summed E-state index contributed by atoms with van der Waals surface area (Å²) in [6, 6.07) is 17.3. The average Bonchev–Trinajstić information content (AvgIpc) is 2.92. The van der Waals surface area contributed by atoms with Crippen molar-refractivity contribution in [2.75, 3.05) is 5.43 Å². The second-order valence-corrected chi connectivity index (χ2v) is 6.39. The molecule has 0 spiro atoms. The van der Waals surface area contributed by atoms with E-state index in [1.807, 2.05) is 6.07 Å². The summed E-state index contributed by atoms with van der Waals surface area (Å²) < 4.78 is 2.96. The van der Waals surface area contributed by atoms with Gasteiger partial charge >= 0.3 is 0 Å². The van der Waals surface area contributed by atoms with Crippen molar-refractivity contribution in [2.45, 2.75) is 6.92 Å². The van der Waals surface area contributed by atoms with E-state index in [9.17, 15) is 14.9 Å². The second-order valence-electron chi connectivity index (χ2n) is 5.96. The summed E-state index contributed by atoms with van der Waals surface area (Å²) in [4.78, 5) is 25.8. The van der Waals surface area contributed by atoms with Gasteiger partial charge in [0.2, 0.25) is 11.5 Å². The molecule has 140 valence electrons. The maximum absolute atomic E-state index is 12.9. The van der Waals surface area contributed by atoms with Gasteiger partial charge in [0.05, 0.1) is 11.4 Å². The molecule has 1 N–H and O–H groups in total. The summed E-state index contributed by atoms with van der Waals surface area (Å²) in [5.74, 6) is -0.739. The zero-order valence-electron chi connectivity index (χ0n) is 15.2. The van der Waals surface area contributed by atoms with E-state index in [1.54, 1.807) is 73.3 Å². The van der Waals surface area contributed by atoms with Crippen LogP contribution in [0.1, 0.15) is 16.1 Å². The lowest BCUT2D eigenvalue weighted by Crippen LogP contribution is -2.25. The number of carbonyl (C=O) groups excluding carboxylic acids is 1. The van der Waals surface area contributed by atoms with Gasteiger partial charge in [-0.05, 0) is 43.3 Å². The fourth-order valence-electron chi connectivity index (χ4n) is 2.72. The van der Waals surface area contributed by atoms with Crippen molar-refractivity contribution in [2.24, 2.45) is 12.1 Å². The molecule has 3 aromatic rings. The number of nitrogens with one attached hydrogen (secondary N) is 1. The number of para-hydroxylation sites is 1. The summed E-state index contributed by atoms with van der Waals surface area (Å²) >= 11 is 5.83. The quantitative estimate of drug-likeness (QED) is 0.409. The first kappa shape index (κ1) is 19.1. The first-order chi connectivity index (χ1) is 13.4. The van der Waals surface area contributed by atoms with Gasteiger partial charge in [0.1, 0.15) is 11.6 Å². The van der Waals surface area contributed by atoms with Crippen molar-refractivity contribution in [3.8, 4) is 11.8 Å². The molecular weight excluding hydrogens is 378 g/mol. The molecular formula is C20H16ClN5O2. The van der Waals surface area contributed by atoms with Crippen LogP contribution in [-0.2, 0) is 7.05 Å². The number of hydrogen-bond acceptors (Lipinski definition) is 5. The van der Waals surface area contributed by atoms with Crippen LogP contribution in [0.3, 0.4) is 0 Å². The first-order valence-electron chi connectivity index (χ1n) is 8.32. The molecule has 0 amide bonds. The van der Waals surface area contributed by atoms with Crippen molar-refractivity contribution in [1.82, 2.24) is 9.36 Å². The molecule has 0 radical (unpaired) electrons. The Morgan fingerprint density at radius 1 is 1.14 bits per heavy atom. The van der Waals surface area contributed by atoms with Crippen molar-refractivity contribution in [3.05, 3.63) is 81.2 Å². The lowest BCUT2D eigenvalue weighted by atomic mass is 10.1. The molecule has 0 aliphatic heterocycles. The number of halogens is 1. The summed E-state index contributed by atoms with van der Waals surface area (Å²) in [6.07, 6.45) is 0. The molecule has 0 unspecified atom stereocenters. The van der Waals surface area contributed by atoms with E-state index < -0.39 is 17.1 Å². The molecule has 3 rings (SSSR count). The molecule has 0 aliphatic carbocycles. The van der Waals surface area contributed by atoms with Crippen LogP contribution >= 0.6 is 11.6 Å². The van der Waals surface area contributed by atoms with Crippen molar-refractivity contribution in [3.63, 3.8) is 0 Å². The SMILES string of the molecule is Cc1c(C(=O)/C(C#N)=N/Nc2ccc(Cl)cc2)c(=O)n(-c2ccccc2)n1C. The molecule has 1 heterocycles. The topological polar surface area (TPSA) is 92.2 Å². The molecule has 0 atom stereocenters. The molecule has 28 heavy (non-hydrogen) atoms. The number of benzene rings is 2. The third kappa shape index (κ3) is 3.59. The standard InChI is InChI=1S/C20H16ClN5O2/c1-13-18(20(28)26(25(13)2)16-6-4-3-5-7-16)19(27)17(12-22)24-23-15-10-8-14(21)9-11-15/h3-11,23H,1-2H3/b24-17+. The van der Waals surface area contributed by atoms with Crippen LogP contribution in [0, 0.1) is 18.3 Å². The minimum Gasteiger partial charge on any atom is -0.286 e. The average molecular weight is 394 g/mol. The molecule has 0 bridgehead atoms. The van der Waals surface area contributed by atoms with E-state index in [2.05, 4.69) is 10.5 Å². The van der Waals surface area contributed by atoms with E-state index in [-0.39, 0.29) is 5.56 Å². The maximum atomic E-state index is 12.9. The van der Waals surface area contributed by atoms with Gasteiger partial charge in [0, 0.05) is 17.8 Å². The van der Waals surface area contributed by atoms with Crippen molar-refractivity contribution in [1.29, 1.82) is 5.26 Å². The third-order valence-corrected chi connectivity index (χ3v) is 4.50. The maximum Gasteiger partial charge on any atom is 0.283 e. The van der Waals surface area contributed by atoms with Crippen LogP contribution < -0.4 is 11.0 Å². The normalized spacial score (nSPS) is 11.1. The Hall–Kier alpha value is -3.63. The predicted molar refractivity (Wildman–Crippen MR) is 108 cm³/mol. The zero-order chi connectivity index (χ0) is 20.3. The van der Waals surface area contributed by atoms with Gasteiger partial charge in [-0.2, -0.15) is 10.4 Å². The van der Waals surface area contributed by atoms with Gasteiger partial charge in [-0.15, -0.1) is 0 Å². The monoisotopic (exact) mass is 393 g/mol. The molecule has 8 heteroatoms. The van der Waals surface area contributed by atoms with Gasteiger partial charge in [0.25, 0.3) is 5.56 Å². The number of Topliss-reactive ketones (excluding diaryl/α,β-unsaturated/α-hetero) is 1. The first-order valence-corrected chi connectivity index (χ1v) is 8.70. The van der Waals surface area contributed by atoms with Gasteiger partial charge in [-0.25, -0.2) is 4.68 Å².